The molecule has 21 heavy (non-hydrogen) atoms. The third-order valence-corrected chi connectivity index (χ3v) is 3.76. The summed E-state index contributed by atoms with van der Waals surface area (Å²) in [7, 11) is 2.12. The molecule has 116 valence electrons. The first-order valence-electron chi connectivity index (χ1n) is 7.78. The molecule has 0 aliphatic carbocycles. The number of amides is 1. The molecule has 1 N–H and O–H groups in total. The molecule has 1 aliphatic heterocycles. The first-order valence-corrected chi connectivity index (χ1v) is 7.78. The average Bonchev–Trinajstić information content (AvgIpc) is 2.44. The van der Waals surface area contributed by atoms with Crippen LogP contribution in [0.3, 0.4) is 0 Å². The molecular weight excluding hydrogens is 264 g/mol. The highest BCUT2D eigenvalue weighted by molar-refractivity contribution is 5.92. The third-order valence-electron chi connectivity index (χ3n) is 3.76. The standard InChI is InChI=1S/C16H26N4O/c1-11(2)9-17-16(21)14-8-12(3)18-15(19-14)13-6-5-7-20(4)10-13/h8,11,13H,5-7,9-10H2,1-4H3,(H,17,21)/t13-/m0/s1. The summed E-state index contributed by atoms with van der Waals surface area (Å²) in [6.07, 6.45) is 2.26. The Morgan fingerprint density at radius 2 is 2.24 bits per heavy atom. The molecule has 1 aromatic rings. The van der Waals surface area contributed by atoms with Crippen molar-refractivity contribution in [1.82, 2.24) is 20.2 Å². The first-order chi connectivity index (χ1) is 9.95. The zero-order valence-corrected chi connectivity index (χ0v) is 13.5. The van der Waals surface area contributed by atoms with E-state index in [0.717, 1.165) is 37.4 Å². The summed E-state index contributed by atoms with van der Waals surface area (Å²) >= 11 is 0. The molecule has 5 heteroatoms. The molecule has 1 saturated heterocycles. The Morgan fingerprint density at radius 3 is 2.90 bits per heavy atom. The van der Waals surface area contributed by atoms with Crippen molar-refractivity contribution >= 4 is 5.91 Å². The number of carbonyl (C=O) groups is 1. The Morgan fingerprint density at radius 1 is 1.48 bits per heavy atom. The van der Waals surface area contributed by atoms with E-state index in [0.29, 0.717) is 24.1 Å². The second-order valence-electron chi connectivity index (χ2n) is 6.46. The molecule has 5 nitrogen and oxygen atoms in total. The van der Waals surface area contributed by atoms with Crippen LogP contribution in [0.4, 0.5) is 0 Å². The van der Waals surface area contributed by atoms with E-state index in [2.05, 4.69) is 41.1 Å². The van der Waals surface area contributed by atoms with Crippen LogP contribution in [0, 0.1) is 12.8 Å². The maximum atomic E-state index is 12.2. The number of hydrogen-bond donors (Lipinski definition) is 1. The van der Waals surface area contributed by atoms with Gasteiger partial charge in [-0.25, -0.2) is 9.97 Å². The number of rotatable bonds is 4. The van der Waals surface area contributed by atoms with Crippen LogP contribution in [-0.2, 0) is 0 Å². The molecule has 1 atom stereocenters. The lowest BCUT2D eigenvalue weighted by Gasteiger charge is -2.28. The molecule has 1 aliphatic rings. The molecular formula is C16H26N4O. The highest BCUT2D eigenvalue weighted by atomic mass is 16.1. The van der Waals surface area contributed by atoms with Crippen LogP contribution < -0.4 is 5.32 Å². The van der Waals surface area contributed by atoms with Crippen molar-refractivity contribution in [3.63, 3.8) is 0 Å². The van der Waals surface area contributed by atoms with Crippen molar-refractivity contribution in [2.24, 2.45) is 5.92 Å². The zero-order valence-electron chi connectivity index (χ0n) is 13.5. The predicted molar refractivity (Wildman–Crippen MR) is 83.4 cm³/mol. The van der Waals surface area contributed by atoms with E-state index in [1.165, 1.54) is 0 Å². The highest BCUT2D eigenvalue weighted by Crippen LogP contribution is 2.23. The van der Waals surface area contributed by atoms with Crippen molar-refractivity contribution in [3.05, 3.63) is 23.3 Å². The van der Waals surface area contributed by atoms with E-state index in [9.17, 15) is 4.79 Å². The second-order valence-corrected chi connectivity index (χ2v) is 6.46. The lowest BCUT2D eigenvalue weighted by Crippen LogP contribution is -2.33. The van der Waals surface area contributed by atoms with Gasteiger partial charge < -0.3 is 10.2 Å². The lowest BCUT2D eigenvalue weighted by atomic mass is 9.97. The monoisotopic (exact) mass is 290 g/mol. The van der Waals surface area contributed by atoms with Crippen molar-refractivity contribution in [3.8, 4) is 0 Å². The van der Waals surface area contributed by atoms with Crippen LogP contribution in [-0.4, -0.2) is 47.5 Å². The Bertz CT molecular complexity index is 501. The van der Waals surface area contributed by atoms with E-state index >= 15 is 0 Å². The lowest BCUT2D eigenvalue weighted by molar-refractivity contribution is 0.0943. The molecule has 1 amide bonds. The van der Waals surface area contributed by atoms with Gasteiger partial charge in [-0.3, -0.25) is 4.79 Å². The van der Waals surface area contributed by atoms with Crippen molar-refractivity contribution in [1.29, 1.82) is 0 Å². The quantitative estimate of drug-likeness (QED) is 0.921. The number of nitrogens with one attached hydrogen (secondary N) is 1. The van der Waals surface area contributed by atoms with E-state index in [-0.39, 0.29) is 5.91 Å². The normalized spacial score (nSPS) is 19.8. The van der Waals surface area contributed by atoms with Gasteiger partial charge in [-0.1, -0.05) is 13.8 Å². The van der Waals surface area contributed by atoms with Crippen LogP contribution in [0.15, 0.2) is 6.07 Å². The fourth-order valence-electron chi connectivity index (χ4n) is 2.65. The van der Waals surface area contributed by atoms with E-state index in [4.69, 9.17) is 0 Å². The number of piperidine rings is 1. The molecule has 0 aromatic carbocycles. The number of aryl methyl sites for hydroxylation is 1. The Labute approximate surface area is 127 Å². The van der Waals surface area contributed by atoms with Gasteiger partial charge in [-0.15, -0.1) is 0 Å². The number of likely N-dealkylation sites (N-methyl/N-ethyl adjacent to an activating group) is 1. The maximum Gasteiger partial charge on any atom is 0.270 e. The van der Waals surface area contributed by atoms with Gasteiger partial charge in [0.25, 0.3) is 5.91 Å². The molecule has 0 radical (unpaired) electrons. The molecule has 0 bridgehead atoms. The van der Waals surface area contributed by atoms with Crippen LogP contribution in [0.2, 0.25) is 0 Å². The van der Waals surface area contributed by atoms with E-state index in [1.54, 1.807) is 6.07 Å². The minimum absolute atomic E-state index is 0.0976. The van der Waals surface area contributed by atoms with Gasteiger partial charge in [0, 0.05) is 24.7 Å². The Kier molecular flexibility index (Phi) is 5.28. The van der Waals surface area contributed by atoms with Crippen LogP contribution >= 0.6 is 0 Å². The van der Waals surface area contributed by atoms with Gasteiger partial charge in [-0.2, -0.15) is 0 Å². The molecule has 1 fully saturated rings. The van der Waals surface area contributed by atoms with Crippen LogP contribution in [0.25, 0.3) is 0 Å². The van der Waals surface area contributed by atoms with Crippen molar-refractivity contribution in [2.75, 3.05) is 26.7 Å². The molecule has 0 spiro atoms. The first kappa shape index (κ1) is 15.9. The summed E-state index contributed by atoms with van der Waals surface area (Å²) in [4.78, 5) is 23.6. The highest BCUT2D eigenvalue weighted by Gasteiger charge is 2.22. The predicted octanol–water partition coefficient (Wildman–Crippen LogP) is 1.98. The van der Waals surface area contributed by atoms with Gasteiger partial charge in [0.2, 0.25) is 0 Å². The Balaban J connectivity index is 2.14. The number of hydrogen-bond acceptors (Lipinski definition) is 4. The van der Waals surface area contributed by atoms with Gasteiger partial charge in [0.1, 0.15) is 11.5 Å². The minimum atomic E-state index is -0.0976. The fourth-order valence-corrected chi connectivity index (χ4v) is 2.65. The van der Waals surface area contributed by atoms with Gasteiger partial charge >= 0.3 is 0 Å². The summed E-state index contributed by atoms with van der Waals surface area (Å²) in [5.41, 5.74) is 1.36. The maximum absolute atomic E-state index is 12.2. The molecule has 1 aromatic heterocycles. The summed E-state index contributed by atoms with van der Waals surface area (Å²) in [5.74, 6) is 1.49. The molecule has 0 unspecified atom stereocenters. The minimum Gasteiger partial charge on any atom is -0.350 e. The third kappa shape index (κ3) is 4.49. The van der Waals surface area contributed by atoms with Crippen LogP contribution in [0.1, 0.15) is 54.6 Å². The van der Waals surface area contributed by atoms with Crippen molar-refractivity contribution in [2.45, 2.75) is 39.5 Å². The van der Waals surface area contributed by atoms with Crippen molar-refractivity contribution < 1.29 is 4.79 Å². The topological polar surface area (TPSA) is 58.1 Å². The average molecular weight is 290 g/mol. The summed E-state index contributed by atoms with van der Waals surface area (Å²) in [6.45, 7) is 8.85. The number of likely N-dealkylation sites (tertiary alicyclic amines) is 1. The number of nitrogens with zero attached hydrogens (tertiary/aromatic N) is 3. The zero-order chi connectivity index (χ0) is 15.4. The summed E-state index contributed by atoms with van der Waals surface area (Å²) in [5, 5.41) is 2.92. The van der Waals surface area contributed by atoms with Gasteiger partial charge in [-0.05, 0) is 45.3 Å². The largest absolute Gasteiger partial charge is 0.350 e. The summed E-state index contributed by atoms with van der Waals surface area (Å²) in [6, 6.07) is 1.77. The van der Waals surface area contributed by atoms with Crippen LogP contribution in [0.5, 0.6) is 0 Å². The molecule has 0 saturated carbocycles. The van der Waals surface area contributed by atoms with E-state index in [1.807, 2.05) is 6.92 Å². The second kappa shape index (κ2) is 6.98. The number of aromatic nitrogens is 2. The number of carbonyl (C=O) groups excluding carboxylic acids is 1. The molecule has 2 rings (SSSR count). The van der Waals surface area contributed by atoms with E-state index < -0.39 is 0 Å². The fraction of sp³-hybridized carbons (Fsp3) is 0.688. The molecule has 2 heterocycles. The summed E-state index contributed by atoms with van der Waals surface area (Å²) < 4.78 is 0. The van der Waals surface area contributed by atoms with Gasteiger partial charge in [0.15, 0.2) is 0 Å². The smallest absolute Gasteiger partial charge is 0.270 e. The SMILES string of the molecule is Cc1cc(C(=O)NCC(C)C)nc([C@H]2CCCN(C)C2)n1. The van der Waals surface area contributed by atoms with Gasteiger partial charge in [0.05, 0.1) is 0 Å². The Hall–Kier alpha value is -1.49.